The van der Waals surface area contributed by atoms with Crippen LogP contribution in [0.3, 0.4) is 0 Å². The van der Waals surface area contributed by atoms with Crippen LogP contribution >= 0.6 is 11.8 Å². The summed E-state index contributed by atoms with van der Waals surface area (Å²) in [4.78, 5) is 12.0. The average molecular weight is 263 g/mol. The third-order valence-corrected chi connectivity index (χ3v) is 4.67. The normalized spacial score (nSPS) is 19.6. The Bertz CT molecular complexity index is 425. The number of hydrogen-bond acceptors (Lipinski definition) is 2. The molecule has 3 heteroatoms. The van der Waals surface area contributed by atoms with Gasteiger partial charge in [-0.15, -0.1) is 0 Å². The number of amides is 1. The first kappa shape index (κ1) is 13.5. The Morgan fingerprint density at radius 3 is 2.94 bits per heavy atom. The van der Waals surface area contributed by atoms with E-state index in [-0.39, 0.29) is 5.91 Å². The van der Waals surface area contributed by atoms with E-state index in [0.29, 0.717) is 12.3 Å². The molecule has 98 valence electrons. The molecule has 1 atom stereocenters. The van der Waals surface area contributed by atoms with Gasteiger partial charge in [-0.1, -0.05) is 17.7 Å². The van der Waals surface area contributed by atoms with Crippen LogP contribution in [0.4, 0.5) is 5.69 Å². The molecule has 1 amide bonds. The maximum Gasteiger partial charge on any atom is 0.224 e. The van der Waals surface area contributed by atoms with Crippen molar-refractivity contribution in [2.75, 3.05) is 16.8 Å². The van der Waals surface area contributed by atoms with Crippen molar-refractivity contribution < 1.29 is 4.79 Å². The first-order valence-electron chi connectivity index (χ1n) is 6.60. The molecule has 1 aliphatic rings. The van der Waals surface area contributed by atoms with Crippen LogP contribution < -0.4 is 5.32 Å². The summed E-state index contributed by atoms with van der Waals surface area (Å²) in [6, 6.07) is 6.14. The summed E-state index contributed by atoms with van der Waals surface area (Å²) in [7, 11) is 0. The third kappa shape index (κ3) is 3.77. The molecule has 0 aliphatic carbocycles. The highest BCUT2D eigenvalue weighted by molar-refractivity contribution is 7.99. The van der Waals surface area contributed by atoms with Gasteiger partial charge in [-0.05, 0) is 55.7 Å². The molecule has 1 aromatic rings. The molecule has 1 N–H and O–H groups in total. The summed E-state index contributed by atoms with van der Waals surface area (Å²) in [6.45, 7) is 4.11. The van der Waals surface area contributed by atoms with Crippen molar-refractivity contribution in [1.82, 2.24) is 0 Å². The zero-order valence-corrected chi connectivity index (χ0v) is 12.0. The van der Waals surface area contributed by atoms with Gasteiger partial charge in [0.15, 0.2) is 0 Å². The van der Waals surface area contributed by atoms with E-state index in [1.165, 1.54) is 24.2 Å². The van der Waals surface area contributed by atoms with Gasteiger partial charge in [0.2, 0.25) is 5.91 Å². The largest absolute Gasteiger partial charge is 0.326 e. The molecular formula is C15H21NOS. The third-order valence-electron chi connectivity index (χ3n) is 3.38. The van der Waals surface area contributed by atoms with Crippen molar-refractivity contribution in [2.45, 2.75) is 33.1 Å². The molecule has 1 fully saturated rings. The number of benzene rings is 1. The van der Waals surface area contributed by atoms with Crippen LogP contribution in [-0.4, -0.2) is 17.4 Å². The number of carbonyl (C=O) groups excluding carboxylic acids is 1. The van der Waals surface area contributed by atoms with Gasteiger partial charge in [0, 0.05) is 12.1 Å². The lowest BCUT2D eigenvalue weighted by Crippen LogP contribution is -2.20. The van der Waals surface area contributed by atoms with Crippen LogP contribution in [0.15, 0.2) is 18.2 Å². The average Bonchev–Trinajstić information content (AvgIpc) is 2.34. The smallest absolute Gasteiger partial charge is 0.224 e. The fraction of sp³-hybridized carbons (Fsp3) is 0.533. The number of anilines is 1. The van der Waals surface area contributed by atoms with Gasteiger partial charge < -0.3 is 5.32 Å². The Morgan fingerprint density at radius 1 is 1.44 bits per heavy atom. The zero-order valence-electron chi connectivity index (χ0n) is 11.2. The van der Waals surface area contributed by atoms with Crippen LogP contribution in [0.2, 0.25) is 0 Å². The van der Waals surface area contributed by atoms with Crippen LogP contribution in [0.1, 0.15) is 30.4 Å². The van der Waals surface area contributed by atoms with Gasteiger partial charge >= 0.3 is 0 Å². The van der Waals surface area contributed by atoms with Crippen LogP contribution in [0.5, 0.6) is 0 Å². The first-order valence-corrected chi connectivity index (χ1v) is 7.75. The Kier molecular flexibility index (Phi) is 4.70. The van der Waals surface area contributed by atoms with Crippen molar-refractivity contribution in [3.05, 3.63) is 29.3 Å². The van der Waals surface area contributed by atoms with E-state index in [1.807, 2.05) is 30.8 Å². The summed E-state index contributed by atoms with van der Waals surface area (Å²) >= 11 is 1.98. The number of aryl methyl sites for hydroxylation is 2. The quantitative estimate of drug-likeness (QED) is 0.899. The van der Waals surface area contributed by atoms with Crippen LogP contribution in [-0.2, 0) is 4.79 Å². The molecule has 1 aliphatic heterocycles. The molecule has 1 unspecified atom stereocenters. The standard InChI is InChI=1S/C15H21NOS/c1-11-5-6-14(12(2)8-11)16-15(17)9-13-4-3-7-18-10-13/h5-6,8,13H,3-4,7,9-10H2,1-2H3,(H,16,17). The van der Waals surface area contributed by atoms with E-state index < -0.39 is 0 Å². The fourth-order valence-electron chi connectivity index (χ4n) is 2.39. The molecule has 2 nitrogen and oxygen atoms in total. The van der Waals surface area contributed by atoms with Gasteiger partial charge in [0.25, 0.3) is 0 Å². The topological polar surface area (TPSA) is 29.1 Å². The van der Waals surface area contributed by atoms with Gasteiger partial charge in [-0.2, -0.15) is 11.8 Å². The van der Waals surface area contributed by atoms with Crippen LogP contribution in [0.25, 0.3) is 0 Å². The molecule has 0 spiro atoms. The number of nitrogens with one attached hydrogen (secondary N) is 1. The molecule has 1 aromatic carbocycles. The molecule has 18 heavy (non-hydrogen) atoms. The minimum Gasteiger partial charge on any atom is -0.326 e. The Morgan fingerprint density at radius 2 is 2.28 bits per heavy atom. The predicted molar refractivity (Wildman–Crippen MR) is 79.2 cm³/mol. The molecule has 0 bridgehead atoms. The molecule has 1 saturated heterocycles. The monoisotopic (exact) mass is 263 g/mol. The maximum atomic E-state index is 12.0. The van der Waals surface area contributed by atoms with E-state index >= 15 is 0 Å². The summed E-state index contributed by atoms with van der Waals surface area (Å²) in [5.74, 6) is 3.12. The van der Waals surface area contributed by atoms with Gasteiger partial charge in [0.05, 0.1) is 0 Å². The Balaban J connectivity index is 1.90. The second kappa shape index (κ2) is 6.28. The predicted octanol–water partition coefficient (Wildman–Crippen LogP) is 3.78. The lowest BCUT2D eigenvalue weighted by molar-refractivity contribution is -0.117. The van der Waals surface area contributed by atoms with E-state index in [2.05, 4.69) is 18.3 Å². The van der Waals surface area contributed by atoms with Crippen molar-refractivity contribution in [3.8, 4) is 0 Å². The van der Waals surface area contributed by atoms with Crippen molar-refractivity contribution in [3.63, 3.8) is 0 Å². The van der Waals surface area contributed by atoms with E-state index in [9.17, 15) is 4.79 Å². The summed E-state index contributed by atoms with van der Waals surface area (Å²) < 4.78 is 0. The van der Waals surface area contributed by atoms with E-state index in [4.69, 9.17) is 0 Å². The second-order valence-electron chi connectivity index (χ2n) is 5.15. The number of carbonyl (C=O) groups is 1. The molecular weight excluding hydrogens is 242 g/mol. The van der Waals surface area contributed by atoms with Crippen molar-refractivity contribution >= 4 is 23.4 Å². The highest BCUT2D eigenvalue weighted by Gasteiger charge is 2.17. The lowest BCUT2D eigenvalue weighted by atomic mass is 10.0. The maximum absolute atomic E-state index is 12.0. The van der Waals surface area contributed by atoms with E-state index in [1.54, 1.807) is 0 Å². The summed E-state index contributed by atoms with van der Waals surface area (Å²) in [5.41, 5.74) is 3.32. The number of rotatable bonds is 3. The SMILES string of the molecule is Cc1ccc(NC(=O)CC2CCCSC2)c(C)c1. The summed E-state index contributed by atoms with van der Waals surface area (Å²) in [5, 5.41) is 3.04. The molecule has 0 aromatic heterocycles. The second-order valence-corrected chi connectivity index (χ2v) is 6.30. The lowest BCUT2D eigenvalue weighted by Gasteiger charge is -2.20. The highest BCUT2D eigenvalue weighted by atomic mass is 32.2. The number of thioether (sulfide) groups is 1. The van der Waals surface area contributed by atoms with Gasteiger partial charge in [-0.3, -0.25) is 4.79 Å². The molecule has 0 radical (unpaired) electrons. The number of hydrogen-bond donors (Lipinski definition) is 1. The van der Waals surface area contributed by atoms with Crippen LogP contribution in [0, 0.1) is 19.8 Å². The van der Waals surface area contributed by atoms with E-state index in [0.717, 1.165) is 17.0 Å². The van der Waals surface area contributed by atoms with Gasteiger partial charge in [-0.25, -0.2) is 0 Å². The summed E-state index contributed by atoms with van der Waals surface area (Å²) in [6.07, 6.45) is 3.12. The fourth-order valence-corrected chi connectivity index (χ4v) is 3.54. The van der Waals surface area contributed by atoms with Crippen molar-refractivity contribution in [2.24, 2.45) is 5.92 Å². The minimum atomic E-state index is 0.162. The Labute approximate surface area is 114 Å². The molecule has 1 heterocycles. The highest BCUT2D eigenvalue weighted by Crippen LogP contribution is 2.25. The van der Waals surface area contributed by atoms with Crippen molar-refractivity contribution in [1.29, 1.82) is 0 Å². The first-order chi connectivity index (χ1) is 8.65. The minimum absolute atomic E-state index is 0.162. The zero-order chi connectivity index (χ0) is 13.0. The molecule has 0 saturated carbocycles. The Hall–Kier alpha value is -0.960. The molecule has 2 rings (SSSR count). The van der Waals surface area contributed by atoms with Gasteiger partial charge in [0.1, 0.15) is 0 Å².